The number of hydrogen-bond donors (Lipinski definition) is 1. The fourth-order valence-electron chi connectivity index (χ4n) is 3.21. The van der Waals surface area contributed by atoms with Crippen LogP contribution in [-0.4, -0.2) is 5.11 Å². The molecule has 0 amide bonds. The molecule has 24 heavy (non-hydrogen) atoms. The normalized spacial score (nSPS) is 13.7. The van der Waals surface area contributed by atoms with Crippen LogP contribution < -0.4 is 0 Å². The van der Waals surface area contributed by atoms with Crippen molar-refractivity contribution < 1.29 is 5.11 Å². The topological polar surface area (TPSA) is 20.2 Å². The number of phenolic OH excluding ortho intramolecular Hbond substituents is 1. The second-order valence-electron chi connectivity index (χ2n) is 8.57. The van der Waals surface area contributed by atoms with E-state index in [0.717, 1.165) is 30.7 Å². The molecule has 0 fully saturated rings. The van der Waals surface area contributed by atoms with Gasteiger partial charge >= 0.3 is 0 Å². The summed E-state index contributed by atoms with van der Waals surface area (Å²) in [6.07, 6.45) is 9.15. The molecule has 1 rings (SSSR count). The monoisotopic (exact) mass is 328 g/mol. The van der Waals surface area contributed by atoms with E-state index in [4.69, 9.17) is 0 Å². The zero-order valence-electron chi connectivity index (χ0n) is 16.7. The standard InChI is InChI=1S/C23H36O/c1-17(2)14-18(3)12-13-23(6,7)16-19(4)8-9-21-10-11-22(24)20(5)15-21/h8,10-12,15,17,24H,9,13-14,16H2,1-7H3/b18-12+,19-8+. The lowest BCUT2D eigenvalue weighted by Crippen LogP contribution is -2.11. The van der Waals surface area contributed by atoms with Gasteiger partial charge < -0.3 is 5.11 Å². The van der Waals surface area contributed by atoms with Crippen molar-refractivity contribution in [3.8, 4) is 5.75 Å². The molecule has 0 saturated heterocycles. The van der Waals surface area contributed by atoms with Crippen molar-refractivity contribution in [2.45, 2.75) is 74.1 Å². The van der Waals surface area contributed by atoms with E-state index in [9.17, 15) is 5.11 Å². The van der Waals surface area contributed by atoms with E-state index < -0.39 is 0 Å². The molecule has 0 saturated carbocycles. The molecule has 0 heterocycles. The molecule has 0 aliphatic heterocycles. The Morgan fingerprint density at radius 1 is 1.12 bits per heavy atom. The molecule has 1 N–H and O–H groups in total. The molecule has 0 aromatic heterocycles. The molecule has 1 aromatic carbocycles. The molecule has 0 radical (unpaired) electrons. The molecular weight excluding hydrogens is 292 g/mol. The SMILES string of the molecule is C/C(=C\CC(C)(C)C/C(C)=C/Cc1ccc(O)c(C)c1)CC(C)C. The average Bonchev–Trinajstić information content (AvgIpc) is 2.45. The van der Waals surface area contributed by atoms with Gasteiger partial charge in [-0.25, -0.2) is 0 Å². The zero-order valence-corrected chi connectivity index (χ0v) is 16.7. The van der Waals surface area contributed by atoms with Crippen LogP contribution in [0.5, 0.6) is 5.75 Å². The van der Waals surface area contributed by atoms with Crippen LogP contribution in [-0.2, 0) is 6.42 Å². The molecule has 1 nitrogen and oxygen atoms in total. The number of benzene rings is 1. The summed E-state index contributed by atoms with van der Waals surface area (Å²) in [4.78, 5) is 0. The van der Waals surface area contributed by atoms with Gasteiger partial charge in [-0.05, 0) is 75.0 Å². The van der Waals surface area contributed by atoms with Crippen LogP contribution in [0, 0.1) is 18.3 Å². The third kappa shape index (κ3) is 7.86. The van der Waals surface area contributed by atoms with Crippen molar-refractivity contribution in [1.29, 1.82) is 0 Å². The largest absolute Gasteiger partial charge is 0.508 e. The first-order valence-corrected chi connectivity index (χ1v) is 9.19. The maximum Gasteiger partial charge on any atom is 0.118 e. The predicted octanol–water partition coefficient (Wildman–Crippen LogP) is 6.99. The Morgan fingerprint density at radius 3 is 2.38 bits per heavy atom. The zero-order chi connectivity index (χ0) is 18.3. The van der Waals surface area contributed by atoms with Crippen molar-refractivity contribution in [2.24, 2.45) is 11.3 Å². The van der Waals surface area contributed by atoms with Crippen LogP contribution in [0.2, 0.25) is 0 Å². The molecule has 0 spiro atoms. The van der Waals surface area contributed by atoms with E-state index in [1.165, 1.54) is 23.1 Å². The lowest BCUT2D eigenvalue weighted by Gasteiger charge is -2.24. The molecule has 0 atom stereocenters. The number of allylic oxidation sites excluding steroid dienone is 4. The maximum atomic E-state index is 9.61. The first-order valence-electron chi connectivity index (χ1n) is 9.19. The van der Waals surface area contributed by atoms with E-state index in [-0.39, 0.29) is 0 Å². The summed E-state index contributed by atoms with van der Waals surface area (Å²) < 4.78 is 0. The summed E-state index contributed by atoms with van der Waals surface area (Å²) in [5, 5.41) is 9.61. The summed E-state index contributed by atoms with van der Waals surface area (Å²) in [5.41, 5.74) is 5.46. The predicted molar refractivity (Wildman–Crippen MR) is 107 cm³/mol. The summed E-state index contributed by atoms with van der Waals surface area (Å²) in [5.74, 6) is 1.11. The molecule has 1 aromatic rings. The molecule has 0 bridgehead atoms. The Labute approximate surface area is 149 Å². The Bertz CT molecular complexity index is 588. The van der Waals surface area contributed by atoms with Gasteiger partial charge in [-0.3, -0.25) is 0 Å². The number of aryl methyl sites for hydroxylation is 1. The average molecular weight is 329 g/mol. The van der Waals surface area contributed by atoms with Crippen molar-refractivity contribution in [1.82, 2.24) is 0 Å². The van der Waals surface area contributed by atoms with E-state index >= 15 is 0 Å². The van der Waals surface area contributed by atoms with Crippen LogP contribution >= 0.6 is 0 Å². The van der Waals surface area contributed by atoms with Gasteiger partial charge in [-0.2, -0.15) is 0 Å². The number of aromatic hydroxyl groups is 1. The smallest absolute Gasteiger partial charge is 0.118 e. The minimum Gasteiger partial charge on any atom is -0.508 e. The number of hydrogen-bond acceptors (Lipinski definition) is 1. The first kappa shape index (κ1) is 20.5. The van der Waals surface area contributed by atoms with E-state index in [2.05, 4.69) is 59.8 Å². The minimum absolute atomic E-state index is 0.295. The highest BCUT2D eigenvalue weighted by molar-refractivity contribution is 5.35. The van der Waals surface area contributed by atoms with Crippen molar-refractivity contribution in [3.63, 3.8) is 0 Å². The van der Waals surface area contributed by atoms with Gasteiger partial charge in [0, 0.05) is 0 Å². The fraction of sp³-hybridized carbons (Fsp3) is 0.565. The van der Waals surface area contributed by atoms with Crippen LogP contribution in [0.25, 0.3) is 0 Å². The third-order valence-electron chi connectivity index (χ3n) is 4.44. The maximum absolute atomic E-state index is 9.61. The van der Waals surface area contributed by atoms with Gasteiger partial charge in [0.25, 0.3) is 0 Å². The van der Waals surface area contributed by atoms with Crippen LogP contribution in [0.3, 0.4) is 0 Å². The fourth-order valence-corrected chi connectivity index (χ4v) is 3.21. The van der Waals surface area contributed by atoms with Crippen LogP contribution in [0.1, 0.15) is 71.9 Å². The Morgan fingerprint density at radius 2 is 1.79 bits per heavy atom. The van der Waals surface area contributed by atoms with Gasteiger partial charge in [0.2, 0.25) is 0 Å². The quantitative estimate of drug-likeness (QED) is 0.510. The number of phenols is 1. The van der Waals surface area contributed by atoms with Gasteiger partial charge in [-0.1, -0.05) is 63.1 Å². The van der Waals surface area contributed by atoms with Gasteiger partial charge in [0.15, 0.2) is 0 Å². The van der Waals surface area contributed by atoms with E-state index in [1.807, 2.05) is 13.0 Å². The van der Waals surface area contributed by atoms with Crippen molar-refractivity contribution in [2.75, 3.05) is 0 Å². The minimum atomic E-state index is 0.295. The highest BCUT2D eigenvalue weighted by Crippen LogP contribution is 2.30. The van der Waals surface area contributed by atoms with E-state index in [0.29, 0.717) is 11.2 Å². The summed E-state index contributed by atoms with van der Waals surface area (Å²) >= 11 is 0. The Balaban J connectivity index is 2.60. The second-order valence-corrected chi connectivity index (χ2v) is 8.57. The van der Waals surface area contributed by atoms with Gasteiger partial charge in [0.05, 0.1) is 0 Å². The lowest BCUT2D eigenvalue weighted by molar-refractivity contribution is 0.366. The van der Waals surface area contributed by atoms with E-state index in [1.54, 1.807) is 6.07 Å². The summed E-state index contributed by atoms with van der Waals surface area (Å²) in [6.45, 7) is 15.7. The van der Waals surface area contributed by atoms with Crippen molar-refractivity contribution in [3.05, 3.63) is 52.6 Å². The molecule has 0 aliphatic rings. The summed E-state index contributed by atoms with van der Waals surface area (Å²) in [6, 6.07) is 5.87. The molecular formula is C23H36O. The highest BCUT2D eigenvalue weighted by Gasteiger charge is 2.17. The number of rotatable bonds is 8. The summed E-state index contributed by atoms with van der Waals surface area (Å²) in [7, 11) is 0. The van der Waals surface area contributed by atoms with Crippen molar-refractivity contribution >= 4 is 0 Å². The van der Waals surface area contributed by atoms with Crippen LogP contribution in [0.4, 0.5) is 0 Å². The van der Waals surface area contributed by atoms with Crippen LogP contribution in [0.15, 0.2) is 41.5 Å². The molecule has 134 valence electrons. The van der Waals surface area contributed by atoms with Gasteiger partial charge in [-0.15, -0.1) is 0 Å². The first-order chi connectivity index (χ1) is 11.1. The second kappa shape index (κ2) is 9.11. The van der Waals surface area contributed by atoms with Gasteiger partial charge in [0.1, 0.15) is 5.75 Å². The molecule has 0 aliphatic carbocycles. The highest BCUT2D eigenvalue weighted by atomic mass is 16.3. The molecule has 0 unspecified atom stereocenters. The Hall–Kier alpha value is -1.50. The molecule has 1 heteroatoms. The Kier molecular flexibility index (Phi) is 7.79. The third-order valence-corrected chi connectivity index (χ3v) is 4.44. The lowest BCUT2D eigenvalue weighted by atomic mass is 9.81.